The van der Waals surface area contributed by atoms with E-state index in [4.69, 9.17) is 4.74 Å². The highest BCUT2D eigenvalue weighted by Gasteiger charge is 2.37. The van der Waals surface area contributed by atoms with Crippen molar-refractivity contribution in [1.29, 1.82) is 0 Å². The second-order valence-electron chi connectivity index (χ2n) is 7.16. The summed E-state index contributed by atoms with van der Waals surface area (Å²) in [6.45, 7) is 10.6. The zero-order valence-corrected chi connectivity index (χ0v) is 15.4. The van der Waals surface area contributed by atoms with E-state index in [1.54, 1.807) is 38.1 Å². The van der Waals surface area contributed by atoms with Gasteiger partial charge in [-0.05, 0) is 32.0 Å². The minimum absolute atomic E-state index is 0.0199. The molecule has 0 saturated carbocycles. The van der Waals surface area contributed by atoms with Gasteiger partial charge in [-0.1, -0.05) is 38.6 Å². The molecule has 0 aliphatic rings. The van der Waals surface area contributed by atoms with Crippen molar-refractivity contribution in [3.63, 3.8) is 0 Å². The van der Waals surface area contributed by atoms with Crippen LogP contribution in [-0.2, 0) is 14.3 Å². The summed E-state index contributed by atoms with van der Waals surface area (Å²) in [6, 6.07) is 6.71. The number of rotatable bonds is 5. The summed E-state index contributed by atoms with van der Waals surface area (Å²) < 4.78 is 5.32. The molecule has 23 heavy (non-hydrogen) atoms. The topological polar surface area (TPSA) is 60.4 Å². The first kappa shape index (κ1) is 19.4. The predicted octanol–water partition coefficient (Wildman–Crippen LogP) is 4.12. The maximum Gasteiger partial charge on any atom is 0.338 e. The highest BCUT2D eigenvalue weighted by Crippen LogP contribution is 2.29. The molecule has 1 aromatic carbocycles. The van der Waals surface area contributed by atoms with Crippen molar-refractivity contribution in [2.45, 2.75) is 46.4 Å². The first-order chi connectivity index (χ1) is 10.4. The molecule has 0 aromatic heterocycles. The number of Topliss-reactive ketones (excluding diaryl/α,β-unsaturated/α-hetero) is 1. The average Bonchev–Trinajstić information content (AvgIpc) is 2.42. The van der Waals surface area contributed by atoms with Crippen molar-refractivity contribution in [2.24, 2.45) is 10.8 Å². The highest BCUT2D eigenvalue weighted by molar-refractivity contribution is 8.13. The maximum absolute atomic E-state index is 12.4. The first-order valence-corrected chi connectivity index (χ1v) is 8.25. The molecule has 0 heterocycles. The van der Waals surface area contributed by atoms with Crippen LogP contribution in [0.3, 0.4) is 0 Å². The summed E-state index contributed by atoms with van der Waals surface area (Å²) in [4.78, 5) is 36.4. The largest absolute Gasteiger partial charge is 0.461 e. The van der Waals surface area contributed by atoms with Crippen LogP contribution in [0.25, 0.3) is 0 Å². The van der Waals surface area contributed by atoms with Gasteiger partial charge in [0.25, 0.3) is 0 Å². The van der Waals surface area contributed by atoms with Crippen LogP contribution in [0.1, 0.15) is 51.9 Å². The lowest BCUT2D eigenvalue weighted by Gasteiger charge is -2.30. The van der Waals surface area contributed by atoms with Crippen molar-refractivity contribution in [2.75, 3.05) is 6.61 Å². The van der Waals surface area contributed by atoms with E-state index in [0.717, 1.165) is 11.8 Å². The van der Waals surface area contributed by atoms with E-state index in [1.807, 2.05) is 20.8 Å². The molecule has 0 fully saturated rings. The van der Waals surface area contributed by atoms with E-state index in [-0.39, 0.29) is 17.5 Å². The molecule has 1 aromatic rings. The van der Waals surface area contributed by atoms with Gasteiger partial charge >= 0.3 is 5.97 Å². The molecule has 0 atom stereocenters. The number of thioether (sulfide) groups is 1. The second-order valence-corrected chi connectivity index (χ2v) is 8.41. The van der Waals surface area contributed by atoms with Crippen LogP contribution in [0.4, 0.5) is 0 Å². The Morgan fingerprint density at radius 1 is 1.09 bits per heavy atom. The Bertz CT molecular complexity index is 612. The zero-order valence-electron chi connectivity index (χ0n) is 14.6. The number of esters is 1. The summed E-state index contributed by atoms with van der Waals surface area (Å²) in [7, 11) is 0. The van der Waals surface area contributed by atoms with E-state index < -0.39 is 16.8 Å². The van der Waals surface area contributed by atoms with Gasteiger partial charge in [0.2, 0.25) is 0 Å². The minimum Gasteiger partial charge on any atom is -0.461 e. The molecule has 0 saturated heterocycles. The second kappa shape index (κ2) is 7.30. The molecule has 4 nitrogen and oxygen atoms in total. The van der Waals surface area contributed by atoms with Gasteiger partial charge in [0.1, 0.15) is 12.4 Å². The Balaban J connectivity index is 2.77. The molecule has 0 unspecified atom stereocenters. The van der Waals surface area contributed by atoms with Gasteiger partial charge in [0, 0.05) is 17.2 Å². The van der Waals surface area contributed by atoms with Crippen molar-refractivity contribution < 1.29 is 19.1 Å². The normalized spacial score (nSPS) is 11.9. The lowest BCUT2D eigenvalue weighted by Crippen LogP contribution is -2.38. The van der Waals surface area contributed by atoms with E-state index in [9.17, 15) is 14.4 Å². The molecule has 0 aliphatic heterocycles. The van der Waals surface area contributed by atoms with E-state index in [1.165, 1.54) is 6.92 Å². The SMILES string of the molecule is CC(=O)Sc1cccc(C(=O)OCC(C)(C)C(=O)C(C)(C)C)c1. The minimum atomic E-state index is -0.750. The number of ether oxygens (including phenoxy) is 1. The number of hydrogen-bond donors (Lipinski definition) is 0. The first-order valence-electron chi connectivity index (χ1n) is 7.44. The fourth-order valence-electron chi connectivity index (χ4n) is 2.26. The van der Waals surface area contributed by atoms with Gasteiger partial charge in [0.15, 0.2) is 5.12 Å². The van der Waals surface area contributed by atoms with Gasteiger partial charge in [-0.15, -0.1) is 0 Å². The molecular formula is C18H24O4S. The van der Waals surface area contributed by atoms with Crippen molar-refractivity contribution in [1.82, 2.24) is 0 Å². The molecular weight excluding hydrogens is 312 g/mol. The Morgan fingerprint density at radius 3 is 2.22 bits per heavy atom. The number of carbonyl (C=O) groups excluding carboxylic acids is 3. The number of hydrogen-bond acceptors (Lipinski definition) is 5. The van der Waals surface area contributed by atoms with Gasteiger partial charge < -0.3 is 4.74 Å². The standard InChI is InChI=1S/C18H24O4S/c1-12(19)23-14-9-7-8-13(10-14)15(20)22-11-18(5,6)16(21)17(2,3)4/h7-10H,11H2,1-6H3. The van der Waals surface area contributed by atoms with Crippen LogP contribution in [0.5, 0.6) is 0 Å². The van der Waals surface area contributed by atoms with E-state index >= 15 is 0 Å². The third-order valence-corrected chi connectivity index (χ3v) is 3.97. The lowest BCUT2D eigenvalue weighted by molar-refractivity contribution is -0.137. The zero-order chi connectivity index (χ0) is 17.8. The van der Waals surface area contributed by atoms with Crippen molar-refractivity contribution in [3.8, 4) is 0 Å². The Morgan fingerprint density at radius 2 is 1.70 bits per heavy atom. The highest BCUT2D eigenvalue weighted by atomic mass is 32.2. The number of ketones is 1. The van der Waals surface area contributed by atoms with E-state index in [0.29, 0.717) is 10.5 Å². The summed E-state index contributed by atoms with van der Waals surface area (Å²) in [6.07, 6.45) is 0. The molecule has 5 heteroatoms. The Hall–Kier alpha value is -1.62. The Labute approximate surface area is 142 Å². The van der Waals surface area contributed by atoms with Crippen LogP contribution in [0, 0.1) is 10.8 Å². The molecule has 0 radical (unpaired) electrons. The third-order valence-electron chi connectivity index (χ3n) is 3.19. The molecule has 0 aliphatic carbocycles. The smallest absolute Gasteiger partial charge is 0.338 e. The maximum atomic E-state index is 12.4. The molecule has 0 bridgehead atoms. The molecule has 126 valence electrons. The van der Waals surface area contributed by atoms with Crippen LogP contribution in [0.15, 0.2) is 29.2 Å². The van der Waals surface area contributed by atoms with Crippen LogP contribution < -0.4 is 0 Å². The summed E-state index contributed by atoms with van der Waals surface area (Å²) in [5.41, 5.74) is -0.872. The van der Waals surface area contributed by atoms with Gasteiger partial charge in [-0.2, -0.15) is 0 Å². The Kier molecular flexibility index (Phi) is 6.17. The molecule has 0 spiro atoms. The average molecular weight is 336 g/mol. The monoisotopic (exact) mass is 336 g/mol. The van der Waals surface area contributed by atoms with Crippen molar-refractivity contribution in [3.05, 3.63) is 29.8 Å². The molecule has 1 rings (SSSR count). The van der Waals surface area contributed by atoms with Gasteiger partial charge in [0.05, 0.1) is 11.0 Å². The van der Waals surface area contributed by atoms with Crippen LogP contribution >= 0.6 is 11.8 Å². The quantitative estimate of drug-likeness (QED) is 0.598. The number of benzene rings is 1. The fraction of sp³-hybridized carbons (Fsp3) is 0.500. The molecule has 0 amide bonds. The summed E-state index contributed by atoms with van der Waals surface area (Å²) in [5.74, 6) is -0.454. The number of carbonyl (C=O) groups is 3. The fourth-order valence-corrected chi connectivity index (χ4v) is 2.93. The van der Waals surface area contributed by atoms with Crippen molar-refractivity contribution >= 4 is 28.6 Å². The third kappa shape index (κ3) is 5.82. The summed E-state index contributed by atoms with van der Waals surface area (Å²) in [5, 5.41) is -0.0487. The van der Waals surface area contributed by atoms with Gasteiger partial charge in [-0.25, -0.2) is 4.79 Å². The van der Waals surface area contributed by atoms with Crippen LogP contribution in [0.2, 0.25) is 0 Å². The van der Waals surface area contributed by atoms with E-state index in [2.05, 4.69) is 0 Å². The van der Waals surface area contributed by atoms with Crippen LogP contribution in [-0.4, -0.2) is 23.5 Å². The summed E-state index contributed by atoms with van der Waals surface area (Å²) >= 11 is 1.06. The van der Waals surface area contributed by atoms with Gasteiger partial charge in [-0.3, -0.25) is 9.59 Å². The predicted molar refractivity (Wildman–Crippen MR) is 91.5 cm³/mol. The lowest BCUT2D eigenvalue weighted by atomic mass is 9.75. The molecule has 0 N–H and O–H groups in total.